The highest BCUT2D eigenvalue weighted by molar-refractivity contribution is 7.92. The quantitative estimate of drug-likeness (QED) is 0.644. The van der Waals surface area contributed by atoms with E-state index in [2.05, 4.69) is 9.46 Å². The molecule has 24 heavy (non-hydrogen) atoms. The Morgan fingerprint density at radius 3 is 2.17 bits per heavy atom. The molecule has 0 unspecified atom stereocenters. The van der Waals surface area contributed by atoms with E-state index in [1.54, 1.807) is 6.07 Å². The standard InChI is InChI=1S/C15H22BNO6S/c1-14(2)15(3,4)23-16(22-14)10-7-8-11(13(18)21-5)12(9-10)17-24(6,19)20/h7-9,17H,1-6H3. The molecule has 1 aromatic rings. The Morgan fingerprint density at radius 1 is 1.17 bits per heavy atom. The highest BCUT2D eigenvalue weighted by atomic mass is 32.2. The fourth-order valence-electron chi connectivity index (χ4n) is 2.26. The van der Waals surface area contributed by atoms with Crippen LogP contribution in [0, 0.1) is 0 Å². The number of hydrogen-bond acceptors (Lipinski definition) is 6. The van der Waals surface area contributed by atoms with Crippen LogP contribution in [0.15, 0.2) is 18.2 Å². The van der Waals surface area contributed by atoms with E-state index < -0.39 is 34.3 Å². The minimum absolute atomic E-state index is 0.114. The second kappa shape index (κ2) is 6.05. The summed E-state index contributed by atoms with van der Waals surface area (Å²) in [5.41, 5.74) is -0.209. The lowest BCUT2D eigenvalue weighted by atomic mass is 9.78. The molecule has 1 aliphatic rings. The lowest BCUT2D eigenvalue weighted by Crippen LogP contribution is -2.41. The van der Waals surface area contributed by atoms with Crippen molar-refractivity contribution >= 4 is 34.3 Å². The summed E-state index contributed by atoms with van der Waals surface area (Å²) in [5.74, 6) is -0.637. The topological polar surface area (TPSA) is 90.9 Å². The number of esters is 1. The Hall–Kier alpha value is -1.58. The second-order valence-electron chi connectivity index (χ2n) is 6.76. The van der Waals surface area contributed by atoms with E-state index in [4.69, 9.17) is 9.31 Å². The maximum absolute atomic E-state index is 11.8. The monoisotopic (exact) mass is 355 g/mol. The molecule has 0 radical (unpaired) electrons. The Bertz CT molecular complexity index is 743. The Kier molecular flexibility index (Phi) is 4.73. The van der Waals surface area contributed by atoms with Crippen molar-refractivity contribution in [1.82, 2.24) is 0 Å². The van der Waals surface area contributed by atoms with Crippen LogP contribution in [0.25, 0.3) is 0 Å². The van der Waals surface area contributed by atoms with Crippen LogP contribution in [0.1, 0.15) is 38.1 Å². The van der Waals surface area contributed by atoms with Gasteiger partial charge in [-0.3, -0.25) is 4.72 Å². The number of benzene rings is 1. The molecule has 0 atom stereocenters. The van der Waals surface area contributed by atoms with Crippen molar-refractivity contribution in [3.05, 3.63) is 23.8 Å². The molecule has 0 bridgehead atoms. The molecule has 1 N–H and O–H groups in total. The third-order valence-electron chi connectivity index (χ3n) is 4.27. The number of carbonyl (C=O) groups excluding carboxylic acids is 1. The van der Waals surface area contributed by atoms with Gasteiger partial charge in [-0.15, -0.1) is 0 Å². The van der Waals surface area contributed by atoms with Crippen molar-refractivity contribution < 1.29 is 27.3 Å². The predicted octanol–water partition coefficient (Wildman–Crippen LogP) is 1.14. The Morgan fingerprint density at radius 2 is 1.71 bits per heavy atom. The molecule has 0 aliphatic carbocycles. The van der Waals surface area contributed by atoms with Crippen molar-refractivity contribution in [2.45, 2.75) is 38.9 Å². The first-order valence-corrected chi connectivity index (χ1v) is 9.31. The van der Waals surface area contributed by atoms with Crippen molar-refractivity contribution in [3.63, 3.8) is 0 Å². The van der Waals surface area contributed by atoms with E-state index in [-0.39, 0.29) is 11.3 Å². The zero-order valence-electron chi connectivity index (χ0n) is 14.7. The van der Waals surface area contributed by atoms with Crippen LogP contribution < -0.4 is 10.2 Å². The number of nitrogens with one attached hydrogen (secondary N) is 1. The molecule has 0 aromatic heterocycles. The van der Waals surface area contributed by atoms with Gasteiger partial charge in [-0.05, 0) is 45.3 Å². The lowest BCUT2D eigenvalue weighted by Gasteiger charge is -2.32. The molecule has 9 heteroatoms. The van der Waals surface area contributed by atoms with Gasteiger partial charge in [0.2, 0.25) is 10.0 Å². The zero-order chi connectivity index (χ0) is 18.3. The van der Waals surface area contributed by atoms with Gasteiger partial charge < -0.3 is 14.0 Å². The SMILES string of the molecule is COC(=O)c1ccc(B2OC(C)(C)C(C)(C)O2)cc1NS(C)(=O)=O. The van der Waals surface area contributed by atoms with E-state index >= 15 is 0 Å². The minimum atomic E-state index is -3.57. The molecular formula is C15H22BNO6S. The van der Waals surface area contributed by atoms with Crippen molar-refractivity contribution in [2.24, 2.45) is 0 Å². The zero-order valence-corrected chi connectivity index (χ0v) is 15.5. The lowest BCUT2D eigenvalue weighted by molar-refractivity contribution is 0.00578. The smallest absolute Gasteiger partial charge is 0.465 e. The van der Waals surface area contributed by atoms with E-state index in [0.717, 1.165) is 6.26 Å². The third kappa shape index (κ3) is 3.74. The van der Waals surface area contributed by atoms with Crippen LogP contribution in [0.2, 0.25) is 0 Å². The summed E-state index contributed by atoms with van der Waals surface area (Å²) < 4.78 is 42.1. The number of methoxy groups -OCH3 is 1. The van der Waals surface area contributed by atoms with Crippen LogP contribution in [-0.4, -0.2) is 46.1 Å². The van der Waals surface area contributed by atoms with Gasteiger partial charge in [0.05, 0.1) is 35.8 Å². The van der Waals surface area contributed by atoms with Gasteiger partial charge in [0.25, 0.3) is 0 Å². The fourth-order valence-corrected chi connectivity index (χ4v) is 2.83. The van der Waals surface area contributed by atoms with Gasteiger partial charge in [-0.25, -0.2) is 13.2 Å². The van der Waals surface area contributed by atoms with Gasteiger partial charge in [0, 0.05) is 0 Å². The van der Waals surface area contributed by atoms with Crippen molar-refractivity contribution in [2.75, 3.05) is 18.1 Å². The first kappa shape index (κ1) is 18.8. The second-order valence-corrected chi connectivity index (χ2v) is 8.51. The number of ether oxygens (including phenoxy) is 1. The van der Waals surface area contributed by atoms with Gasteiger partial charge >= 0.3 is 13.1 Å². The first-order valence-electron chi connectivity index (χ1n) is 7.42. The molecule has 1 aliphatic heterocycles. The van der Waals surface area contributed by atoms with E-state index in [9.17, 15) is 13.2 Å². The molecule has 0 amide bonds. The fraction of sp³-hybridized carbons (Fsp3) is 0.533. The highest BCUT2D eigenvalue weighted by Gasteiger charge is 2.51. The van der Waals surface area contributed by atoms with Crippen LogP contribution in [0.4, 0.5) is 5.69 Å². The van der Waals surface area contributed by atoms with Crippen LogP contribution in [0.5, 0.6) is 0 Å². The number of carbonyl (C=O) groups is 1. The summed E-state index contributed by atoms with van der Waals surface area (Å²) in [6.07, 6.45) is 1.01. The number of rotatable bonds is 4. The number of anilines is 1. The number of sulfonamides is 1. The minimum Gasteiger partial charge on any atom is -0.465 e. The summed E-state index contributed by atoms with van der Waals surface area (Å²) in [6, 6.07) is 4.66. The van der Waals surface area contributed by atoms with E-state index in [1.165, 1.54) is 19.2 Å². The van der Waals surface area contributed by atoms with Gasteiger partial charge in [-0.1, -0.05) is 6.07 Å². The largest absolute Gasteiger partial charge is 0.494 e. The molecule has 1 saturated heterocycles. The normalized spacial score (nSPS) is 19.2. The predicted molar refractivity (Wildman–Crippen MR) is 92.0 cm³/mol. The molecule has 132 valence electrons. The molecule has 2 rings (SSSR count). The molecule has 7 nitrogen and oxygen atoms in total. The van der Waals surface area contributed by atoms with Crippen LogP contribution >= 0.6 is 0 Å². The first-order chi connectivity index (χ1) is 10.9. The molecule has 1 fully saturated rings. The molecule has 1 aromatic carbocycles. The van der Waals surface area contributed by atoms with Crippen LogP contribution in [0.3, 0.4) is 0 Å². The summed E-state index contributed by atoms with van der Waals surface area (Å²) in [5, 5.41) is 0. The Labute approximate surface area is 142 Å². The Balaban J connectivity index is 2.44. The van der Waals surface area contributed by atoms with Crippen molar-refractivity contribution in [1.29, 1.82) is 0 Å². The molecular weight excluding hydrogens is 333 g/mol. The summed E-state index contributed by atoms with van der Waals surface area (Å²) in [7, 11) is -3.00. The van der Waals surface area contributed by atoms with E-state index in [1.807, 2.05) is 27.7 Å². The number of hydrogen-bond donors (Lipinski definition) is 1. The maximum atomic E-state index is 11.8. The molecule has 1 heterocycles. The van der Waals surface area contributed by atoms with Gasteiger partial charge in [0.15, 0.2) is 0 Å². The van der Waals surface area contributed by atoms with Gasteiger partial charge in [-0.2, -0.15) is 0 Å². The van der Waals surface area contributed by atoms with Gasteiger partial charge in [0.1, 0.15) is 0 Å². The average Bonchev–Trinajstić information content (AvgIpc) is 2.65. The average molecular weight is 355 g/mol. The highest BCUT2D eigenvalue weighted by Crippen LogP contribution is 2.36. The van der Waals surface area contributed by atoms with Crippen LogP contribution in [-0.2, 0) is 24.1 Å². The maximum Gasteiger partial charge on any atom is 0.494 e. The van der Waals surface area contributed by atoms with E-state index in [0.29, 0.717) is 5.46 Å². The van der Waals surface area contributed by atoms with Crippen molar-refractivity contribution in [3.8, 4) is 0 Å². The summed E-state index contributed by atoms with van der Waals surface area (Å²) in [6.45, 7) is 7.69. The third-order valence-corrected chi connectivity index (χ3v) is 4.86. The molecule has 0 spiro atoms. The summed E-state index contributed by atoms with van der Waals surface area (Å²) >= 11 is 0. The molecule has 0 saturated carbocycles. The summed E-state index contributed by atoms with van der Waals surface area (Å²) in [4.78, 5) is 11.8.